The second-order valence-electron chi connectivity index (χ2n) is 9.25. The van der Waals surface area contributed by atoms with Gasteiger partial charge < -0.3 is 19.9 Å². The summed E-state index contributed by atoms with van der Waals surface area (Å²) in [5, 5.41) is 23.2. The molecule has 3 N–H and O–H groups in total. The lowest BCUT2D eigenvalue weighted by Crippen LogP contribution is -2.30. The standard InChI is InChI=1S/C27H28N8O4S/c28-33-31-13-1-11-29-15-20-16-35(34-32-20)14-2-12-30-25(36)17-39-23-9-5-18-3-4-19-6-10-24(40(37)38)22-8-7-21(23)26(18)27(19)22/h3-10,16,29H,1-2,11-15,17H2,(H,30,36)(H,37,38). The average molecular weight is 561 g/mol. The van der Waals surface area contributed by atoms with E-state index in [1.807, 2.05) is 48.7 Å². The summed E-state index contributed by atoms with van der Waals surface area (Å²) in [5.41, 5.74) is 9.09. The predicted molar refractivity (Wildman–Crippen MR) is 153 cm³/mol. The number of amides is 1. The lowest BCUT2D eigenvalue weighted by Gasteiger charge is -2.15. The fraction of sp³-hybridized carbons (Fsp3) is 0.296. The largest absolute Gasteiger partial charge is 0.483 e. The van der Waals surface area contributed by atoms with Crippen molar-refractivity contribution in [1.82, 2.24) is 25.6 Å². The van der Waals surface area contributed by atoms with Crippen molar-refractivity contribution in [1.29, 1.82) is 0 Å². The molecule has 1 aromatic heterocycles. The average Bonchev–Trinajstić information content (AvgIpc) is 3.42. The summed E-state index contributed by atoms with van der Waals surface area (Å²) in [6.07, 6.45) is 3.30. The first-order valence-corrected chi connectivity index (χ1v) is 14.0. The number of hydrogen-bond donors (Lipinski definition) is 3. The Morgan fingerprint density at radius 3 is 2.60 bits per heavy atom. The van der Waals surface area contributed by atoms with E-state index in [9.17, 15) is 13.6 Å². The minimum Gasteiger partial charge on any atom is -0.483 e. The molecule has 12 nitrogen and oxygen atoms in total. The molecule has 0 aliphatic carbocycles. The summed E-state index contributed by atoms with van der Waals surface area (Å²) in [6, 6.07) is 15.0. The Bertz CT molecular complexity index is 1720. The van der Waals surface area contributed by atoms with Gasteiger partial charge in [-0.3, -0.25) is 9.48 Å². The van der Waals surface area contributed by atoms with Crippen LogP contribution in [0.1, 0.15) is 18.5 Å². The van der Waals surface area contributed by atoms with Crippen LogP contribution in [0.2, 0.25) is 0 Å². The Balaban J connectivity index is 1.13. The first-order chi connectivity index (χ1) is 19.5. The zero-order valence-corrected chi connectivity index (χ0v) is 22.4. The summed E-state index contributed by atoms with van der Waals surface area (Å²) in [7, 11) is 0. The molecule has 0 spiro atoms. The maximum atomic E-state index is 12.5. The summed E-state index contributed by atoms with van der Waals surface area (Å²) >= 11 is -2.10. The maximum Gasteiger partial charge on any atom is 0.257 e. The van der Waals surface area contributed by atoms with Crippen LogP contribution in [0, 0.1) is 0 Å². The third-order valence-electron chi connectivity index (χ3n) is 6.58. The van der Waals surface area contributed by atoms with Crippen LogP contribution in [0.4, 0.5) is 0 Å². The van der Waals surface area contributed by atoms with Gasteiger partial charge in [-0.05, 0) is 59.3 Å². The van der Waals surface area contributed by atoms with Gasteiger partial charge in [-0.15, -0.1) is 5.10 Å². The molecule has 13 heteroatoms. The monoisotopic (exact) mass is 560 g/mol. The molecule has 0 aliphatic rings. The zero-order chi connectivity index (χ0) is 27.9. The zero-order valence-electron chi connectivity index (χ0n) is 21.6. The van der Waals surface area contributed by atoms with E-state index >= 15 is 0 Å². The highest BCUT2D eigenvalue weighted by atomic mass is 32.2. The Kier molecular flexibility index (Phi) is 8.67. The van der Waals surface area contributed by atoms with E-state index in [1.165, 1.54) is 0 Å². The predicted octanol–water partition coefficient (Wildman–Crippen LogP) is 4.13. The third kappa shape index (κ3) is 6.13. The molecule has 5 aromatic rings. The summed E-state index contributed by atoms with van der Waals surface area (Å²) in [5.74, 6) is 0.349. The number of aryl methyl sites for hydroxylation is 1. The van der Waals surface area contributed by atoms with Crippen molar-refractivity contribution in [3.63, 3.8) is 0 Å². The molecule has 1 amide bonds. The highest BCUT2D eigenvalue weighted by molar-refractivity contribution is 7.79. The Morgan fingerprint density at radius 2 is 1.80 bits per heavy atom. The van der Waals surface area contributed by atoms with Gasteiger partial charge in [0.25, 0.3) is 5.91 Å². The summed E-state index contributed by atoms with van der Waals surface area (Å²) in [4.78, 5) is 15.6. The van der Waals surface area contributed by atoms with Gasteiger partial charge in [-0.1, -0.05) is 40.7 Å². The minimum atomic E-state index is -2.10. The van der Waals surface area contributed by atoms with Gasteiger partial charge in [-0.2, -0.15) is 0 Å². The van der Waals surface area contributed by atoms with Gasteiger partial charge >= 0.3 is 0 Å². The SMILES string of the molecule is [N-]=[N+]=NCCCNCc1cn(CCCNC(=O)COc2ccc3ccc4ccc(S(=O)O)c5ccc2c3c45)nn1. The third-order valence-corrected chi connectivity index (χ3v) is 7.32. The van der Waals surface area contributed by atoms with Crippen LogP contribution in [0.3, 0.4) is 0 Å². The van der Waals surface area contributed by atoms with E-state index in [-0.39, 0.29) is 12.5 Å². The number of hydrogen-bond acceptors (Lipinski definition) is 7. The Hall–Kier alpha value is -4.29. The molecule has 0 fully saturated rings. The van der Waals surface area contributed by atoms with Gasteiger partial charge in [0.15, 0.2) is 17.7 Å². The van der Waals surface area contributed by atoms with Crippen LogP contribution in [0.15, 0.2) is 64.7 Å². The van der Waals surface area contributed by atoms with Crippen LogP contribution < -0.4 is 15.4 Å². The number of nitrogens with one attached hydrogen (secondary N) is 2. The Labute approximate surface area is 231 Å². The number of carbonyl (C=O) groups is 1. The number of aromatic nitrogens is 3. The van der Waals surface area contributed by atoms with E-state index in [0.29, 0.717) is 43.2 Å². The van der Waals surface area contributed by atoms with Crippen molar-refractivity contribution in [2.75, 3.05) is 26.2 Å². The number of benzene rings is 4. The molecule has 1 unspecified atom stereocenters. The van der Waals surface area contributed by atoms with Crippen LogP contribution in [-0.2, 0) is 29.0 Å². The Morgan fingerprint density at radius 1 is 1.05 bits per heavy atom. The maximum absolute atomic E-state index is 12.5. The highest BCUT2D eigenvalue weighted by Gasteiger charge is 2.16. The number of ether oxygens (including phenoxy) is 1. The van der Waals surface area contributed by atoms with Crippen molar-refractivity contribution < 1.29 is 18.3 Å². The van der Waals surface area contributed by atoms with E-state index < -0.39 is 11.1 Å². The molecule has 4 aromatic carbocycles. The fourth-order valence-corrected chi connectivity index (χ4v) is 5.30. The molecule has 0 radical (unpaired) electrons. The van der Waals surface area contributed by atoms with Crippen LogP contribution in [0.25, 0.3) is 42.8 Å². The molecule has 206 valence electrons. The van der Waals surface area contributed by atoms with E-state index in [4.69, 9.17) is 10.3 Å². The number of nitrogens with zero attached hydrogens (tertiary/aromatic N) is 6. The topological polar surface area (TPSA) is 167 Å². The van der Waals surface area contributed by atoms with Crippen LogP contribution in [0.5, 0.6) is 5.75 Å². The molecule has 0 aliphatic heterocycles. The van der Waals surface area contributed by atoms with Crippen molar-refractivity contribution in [3.05, 3.63) is 70.9 Å². The quantitative estimate of drug-likeness (QED) is 0.0458. The van der Waals surface area contributed by atoms with Crippen molar-refractivity contribution in [3.8, 4) is 5.75 Å². The minimum absolute atomic E-state index is 0.130. The van der Waals surface area contributed by atoms with Gasteiger partial charge in [0.05, 0.1) is 10.6 Å². The summed E-state index contributed by atoms with van der Waals surface area (Å²) < 4.78 is 29.3. The highest BCUT2D eigenvalue weighted by Crippen LogP contribution is 2.40. The second-order valence-corrected chi connectivity index (χ2v) is 10.2. The van der Waals surface area contributed by atoms with Crippen molar-refractivity contribution in [2.24, 2.45) is 5.11 Å². The lowest BCUT2D eigenvalue weighted by molar-refractivity contribution is -0.123. The smallest absolute Gasteiger partial charge is 0.257 e. The molecule has 0 saturated carbocycles. The molecule has 0 bridgehead atoms. The summed E-state index contributed by atoms with van der Waals surface area (Å²) in [6.45, 7) is 2.71. The molecular weight excluding hydrogens is 532 g/mol. The van der Waals surface area contributed by atoms with Crippen LogP contribution in [-0.4, -0.2) is 55.9 Å². The molecule has 0 saturated heterocycles. The molecular formula is C27H28N8O4S. The first-order valence-electron chi connectivity index (χ1n) is 12.9. The van der Waals surface area contributed by atoms with E-state index in [2.05, 4.69) is 31.0 Å². The fourth-order valence-electron chi connectivity index (χ4n) is 4.75. The molecule has 40 heavy (non-hydrogen) atoms. The molecule has 1 atom stereocenters. The van der Waals surface area contributed by atoms with Crippen LogP contribution >= 0.6 is 0 Å². The number of carbonyl (C=O) groups excluding carboxylic acids is 1. The van der Waals surface area contributed by atoms with Crippen molar-refractivity contribution in [2.45, 2.75) is 30.8 Å². The number of rotatable bonds is 14. The van der Waals surface area contributed by atoms with Gasteiger partial charge in [0, 0.05) is 53.4 Å². The normalized spacial score (nSPS) is 12.1. The number of azide groups is 1. The lowest BCUT2D eigenvalue weighted by atomic mass is 9.94. The second kappa shape index (κ2) is 12.7. The van der Waals surface area contributed by atoms with Gasteiger partial charge in [-0.25, -0.2) is 4.21 Å². The first kappa shape index (κ1) is 27.3. The van der Waals surface area contributed by atoms with E-state index in [0.717, 1.165) is 51.0 Å². The van der Waals surface area contributed by atoms with Gasteiger partial charge in [0.2, 0.25) is 0 Å². The van der Waals surface area contributed by atoms with Crippen molar-refractivity contribution >= 4 is 49.3 Å². The molecule has 1 heterocycles. The van der Waals surface area contributed by atoms with E-state index in [1.54, 1.807) is 10.7 Å². The van der Waals surface area contributed by atoms with Gasteiger partial charge in [0.1, 0.15) is 5.75 Å². The molecule has 5 rings (SSSR count).